The number of nitrogens with one attached hydrogen (secondary N) is 1. The predicted molar refractivity (Wildman–Crippen MR) is 96.6 cm³/mol. The molecule has 5 nitrogen and oxygen atoms in total. The highest BCUT2D eigenvalue weighted by atomic mass is 32.1. The van der Waals surface area contributed by atoms with Crippen LogP contribution in [0.2, 0.25) is 0 Å². The quantitative estimate of drug-likeness (QED) is 0.597. The van der Waals surface area contributed by atoms with E-state index in [4.69, 9.17) is 4.74 Å². The first-order chi connectivity index (χ1) is 11.8. The van der Waals surface area contributed by atoms with Crippen LogP contribution in [0.3, 0.4) is 0 Å². The van der Waals surface area contributed by atoms with Crippen molar-refractivity contribution in [2.24, 2.45) is 0 Å². The number of hydrogen-bond acceptors (Lipinski definition) is 5. The number of ether oxygens (including phenoxy) is 1. The number of thiophene rings is 1. The molecule has 0 atom stereocenters. The van der Waals surface area contributed by atoms with E-state index in [0.29, 0.717) is 0 Å². The van der Waals surface area contributed by atoms with Crippen LogP contribution in [0.1, 0.15) is 4.88 Å². The number of rotatable bonds is 5. The fourth-order valence-corrected chi connectivity index (χ4v) is 3.18. The number of imidazole rings is 1. The molecule has 0 radical (unpaired) electrons. The third-order valence-corrected chi connectivity index (χ3v) is 4.63. The molecule has 6 heteroatoms. The third kappa shape index (κ3) is 2.83. The molecular formula is C18H16N4OS. The van der Waals surface area contributed by atoms with Crippen molar-refractivity contribution in [3.8, 4) is 17.0 Å². The number of nitrogens with zero attached hydrogens (tertiary/aromatic N) is 3. The van der Waals surface area contributed by atoms with Gasteiger partial charge in [-0.15, -0.1) is 16.4 Å². The van der Waals surface area contributed by atoms with E-state index < -0.39 is 0 Å². The number of benzene rings is 1. The zero-order chi connectivity index (χ0) is 16.4. The average molecular weight is 336 g/mol. The Balaban J connectivity index is 1.67. The van der Waals surface area contributed by atoms with Crippen LogP contribution in [0, 0.1) is 0 Å². The van der Waals surface area contributed by atoms with Gasteiger partial charge in [0.25, 0.3) is 0 Å². The Morgan fingerprint density at radius 3 is 2.96 bits per heavy atom. The van der Waals surface area contributed by atoms with Gasteiger partial charge in [0.1, 0.15) is 11.6 Å². The van der Waals surface area contributed by atoms with Gasteiger partial charge >= 0.3 is 0 Å². The maximum absolute atomic E-state index is 5.31. The van der Waals surface area contributed by atoms with Crippen molar-refractivity contribution in [1.82, 2.24) is 14.6 Å². The number of fused-ring (bicyclic) bond motifs is 1. The normalized spacial score (nSPS) is 10.9. The summed E-state index contributed by atoms with van der Waals surface area (Å²) < 4.78 is 7.16. The molecule has 120 valence electrons. The standard InChI is InChI=1S/C18H16N4OS/c1-23-14-5-2-4-13(10-14)16-12-20-18-8-7-17(21-22(16)18)19-11-15-6-3-9-24-15/h2-10,12H,11H2,1H3,(H,19,21). The third-order valence-electron chi connectivity index (χ3n) is 3.75. The van der Waals surface area contributed by atoms with Gasteiger partial charge in [0.2, 0.25) is 0 Å². The Hall–Kier alpha value is -2.86. The van der Waals surface area contributed by atoms with Crippen LogP contribution in [-0.2, 0) is 6.54 Å². The molecule has 1 N–H and O–H groups in total. The van der Waals surface area contributed by atoms with Crippen LogP contribution in [-0.4, -0.2) is 21.7 Å². The predicted octanol–water partition coefficient (Wildman–Crippen LogP) is 4.08. The molecule has 0 bridgehead atoms. The van der Waals surface area contributed by atoms with Gasteiger partial charge in [-0.1, -0.05) is 18.2 Å². The second-order valence-electron chi connectivity index (χ2n) is 5.30. The van der Waals surface area contributed by atoms with E-state index in [2.05, 4.69) is 32.9 Å². The van der Waals surface area contributed by atoms with Crippen LogP contribution in [0.5, 0.6) is 5.75 Å². The summed E-state index contributed by atoms with van der Waals surface area (Å²) in [7, 11) is 1.67. The molecule has 0 spiro atoms. The van der Waals surface area contributed by atoms with Crippen molar-refractivity contribution in [3.05, 3.63) is 65.0 Å². The van der Waals surface area contributed by atoms with E-state index in [0.717, 1.165) is 35.0 Å². The van der Waals surface area contributed by atoms with Crippen molar-refractivity contribution in [2.75, 3.05) is 12.4 Å². The second kappa shape index (κ2) is 6.33. The lowest BCUT2D eigenvalue weighted by molar-refractivity contribution is 0.415. The Kier molecular flexibility index (Phi) is 3.88. The summed E-state index contributed by atoms with van der Waals surface area (Å²) in [6, 6.07) is 16.0. The molecule has 1 aromatic carbocycles. The molecule has 0 aliphatic carbocycles. The molecule has 4 aromatic rings. The zero-order valence-electron chi connectivity index (χ0n) is 13.1. The number of anilines is 1. The van der Waals surface area contributed by atoms with Gasteiger partial charge in [0.05, 0.1) is 25.5 Å². The molecule has 3 heterocycles. The van der Waals surface area contributed by atoms with Gasteiger partial charge in [0.15, 0.2) is 5.65 Å². The number of methoxy groups -OCH3 is 1. The van der Waals surface area contributed by atoms with Gasteiger partial charge in [-0.3, -0.25) is 0 Å². The second-order valence-corrected chi connectivity index (χ2v) is 6.33. The van der Waals surface area contributed by atoms with Crippen molar-refractivity contribution >= 4 is 22.8 Å². The largest absolute Gasteiger partial charge is 0.497 e. The summed E-state index contributed by atoms with van der Waals surface area (Å²) in [6.45, 7) is 0.763. The molecule has 0 aliphatic heterocycles. The van der Waals surface area contributed by atoms with E-state index in [1.54, 1.807) is 18.4 Å². The van der Waals surface area contributed by atoms with Crippen LogP contribution in [0.4, 0.5) is 5.82 Å². The molecule has 0 fully saturated rings. The van der Waals surface area contributed by atoms with E-state index in [-0.39, 0.29) is 0 Å². The summed E-state index contributed by atoms with van der Waals surface area (Å²) in [5, 5.41) is 10.1. The molecule has 24 heavy (non-hydrogen) atoms. The molecule has 4 rings (SSSR count). The molecule has 0 amide bonds. The van der Waals surface area contributed by atoms with Crippen molar-refractivity contribution in [1.29, 1.82) is 0 Å². The fourth-order valence-electron chi connectivity index (χ4n) is 2.54. The fraction of sp³-hybridized carbons (Fsp3) is 0.111. The van der Waals surface area contributed by atoms with Crippen LogP contribution in [0.25, 0.3) is 16.9 Å². The highest BCUT2D eigenvalue weighted by Gasteiger charge is 2.09. The average Bonchev–Trinajstić information content (AvgIpc) is 3.29. The van der Waals surface area contributed by atoms with Gasteiger partial charge in [-0.25, -0.2) is 9.50 Å². The van der Waals surface area contributed by atoms with Crippen molar-refractivity contribution < 1.29 is 4.74 Å². The Labute approximate surface area is 143 Å². The Morgan fingerprint density at radius 2 is 2.12 bits per heavy atom. The van der Waals surface area contributed by atoms with Crippen LogP contribution < -0.4 is 10.1 Å². The minimum atomic E-state index is 0.763. The molecule has 0 unspecified atom stereocenters. The van der Waals surface area contributed by atoms with E-state index in [1.165, 1.54) is 4.88 Å². The van der Waals surface area contributed by atoms with Crippen LogP contribution >= 0.6 is 11.3 Å². The molecule has 3 aromatic heterocycles. The Morgan fingerprint density at radius 1 is 1.17 bits per heavy atom. The molecule has 0 aliphatic rings. The summed E-state index contributed by atoms with van der Waals surface area (Å²) in [4.78, 5) is 5.71. The van der Waals surface area contributed by atoms with E-state index in [9.17, 15) is 0 Å². The van der Waals surface area contributed by atoms with Crippen LogP contribution in [0.15, 0.2) is 60.1 Å². The lowest BCUT2D eigenvalue weighted by Crippen LogP contribution is -2.03. The van der Waals surface area contributed by atoms with Gasteiger partial charge in [0, 0.05) is 10.4 Å². The van der Waals surface area contributed by atoms with Gasteiger partial charge in [-0.05, 0) is 35.7 Å². The molecular weight excluding hydrogens is 320 g/mol. The van der Waals surface area contributed by atoms with Gasteiger partial charge < -0.3 is 10.1 Å². The van der Waals surface area contributed by atoms with Gasteiger partial charge in [-0.2, -0.15) is 0 Å². The van der Waals surface area contributed by atoms with E-state index in [1.807, 2.05) is 47.1 Å². The smallest absolute Gasteiger partial charge is 0.154 e. The molecule has 0 saturated carbocycles. The first kappa shape index (κ1) is 14.7. The zero-order valence-corrected chi connectivity index (χ0v) is 14.0. The minimum absolute atomic E-state index is 0.763. The topological polar surface area (TPSA) is 51.5 Å². The minimum Gasteiger partial charge on any atom is -0.497 e. The summed E-state index contributed by atoms with van der Waals surface area (Å²) in [6.07, 6.45) is 1.83. The summed E-state index contributed by atoms with van der Waals surface area (Å²) in [5.74, 6) is 1.63. The Bertz CT molecular complexity index is 962. The van der Waals surface area contributed by atoms with E-state index >= 15 is 0 Å². The highest BCUT2D eigenvalue weighted by molar-refractivity contribution is 7.09. The maximum Gasteiger partial charge on any atom is 0.154 e. The molecule has 0 saturated heterocycles. The monoisotopic (exact) mass is 336 g/mol. The van der Waals surface area contributed by atoms with Crippen molar-refractivity contribution in [3.63, 3.8) is 0 Å². The SMILES string of the molecule is COc1cccc(-c2cnc3ccc(NCc4cccs4)nn23)c1. The summed E-state index contributed by atoms with van der Waals surface area (Å²) in [5.41, 5.74) is 2.77. The maximum atomic E-state index is 5.31. The first-order valence-electron chi connectivity index (χ1n) is 7.59. The van der Waals surface area contributed by atoms with Crippen molar-refractivity contribution in [2.45, 2.75) is 6.54 Å². The number of hydrogen-bond donors (Lipinski definition) is 1. The highest BCUT2D eigenvalue weighted by Crippen LogP contribution is 2.24. The first-order valence-corrected chi connectivity index (χ1v) is 8.47. The lowest BCUT2D eigenvalue weighted by Gasteiger charge is -2.07. The number of aromatic nitrogens is 3. The summed E-state index contributed by atoms with van der Waals surface area (Å²) >= 11 is 1.73. The lowest BCUT2D eigenvalue weighted by atomic mass is 10.1.